The molecule has 9 heteroatoms. The highest BCUT2D eigenvalue weighted by atomic mass is 16.6. The summed E-state index contributed by atoms with van der Waals surface area (Å²) in [6.07, 6.45) is 5.53. The minimum absolute atomic E-state index is 0.0153. The number of amides is 3. The van der Waals surface area contributed by atoms with Gasteiger partial charge in [-0.15, -0.1) is 0 Å². The predicted molar refractivity (Wildman–Crippen MR) is 181 cm³/mol. The van der Waals surface area contributed by atoms with Crippen LogP contribution in [0.1, 0.15) is 108 Å². The smallest absolute Gasteiger partial charge is 0.408 e. The fourth-order valence-electron chi connectivity index (χ4n) is 5.33. The van der Waals surface area contributed by atoms with Gasteiger partial charge in [0.1, 0.15) is 17.7 Å². The van der Waals surface area contributed by atoms with Crippen LogP contribution in [0.15, 0.2) is 48.5 Å². The lowest BCUT2D eigenvalue weighted by atomic mass is 9.95. The minimum Gasteiger partial charge on any atom is -0.466 e. The van der Waals surface area contributed by atoms with Crippen LogP contribution < -0.4 is 10.6 Å². The minimum atomic E-state index is -0.988. The SMILES string of the molecule is CCCCCCCCN(C(=O)C(Cc1ccccc1)NC(=O)OC(C)(C)C)C(C(=O)NCCC(=O)OCC)c1ccc(C)cc1C. The summed E-state index contributed by atoms with van der Waals surface area (Å²) in [5, 5.41) is 5.70. The zero-order valence-corrected chi connectivity index (χ0v) is 28.9. The Morgan fingerprint density at radius 1 is 0.891 bits per heavy atom. The first-order chi connectivity index (χ1) is 21.9. The summed E-state index contributed by atoms with van der Waals surface area (Å²) >= 11 is 0. The zero-order valence-electron chi connectivity index (χ0n) is 28.9. The lowest BCUT2D eigenvalue weighted by molar-refractivity contribution is -0.144. The largest absolute Gasteiger partial charge is 0.466 e. The Labute approximate surface area is 275 Å². The van der Waals surface area contributed by atoms with E-state index in [2.05, 4.69) is 17.6 Å². The molecule has 0 aliphatic heterocycles. The number of carbonyl (C=O) groups excluding carboxylic acids is 4. The van der Waals surface area contributed by atoms with Gasteiger partial charge in [-0.2, -0.15) is 0 Å². The fraction of sp³-hybridized carbons (Fsp3) is 0.568. The molecule has 46 heavy (non-hydrogen) atoms. The first-order valence-electron chi connectivity index (χ1n) is 16.7. The van der Waals surface area contributed by atoms with E-state index in [0.717, 1.165) is 48.8 Å². The second-order valence-electron chi connectivity index (χ2n) is 12.8. The Balaban J connectivity index is 2.54. The number of nitrogens with zero attached hydrogens (tertiary/aromatic N) is 1. The van der Waals surface area contributed by atoms with E-state index in [4.69, 9.17) is 9.47 Å². The van der Waals surface area contributed by atoms with Crippen LogP contribution in [0, 0.1) is 13.8 Å². The molecule has 0 saturated carbocycles. The van der Waals surface area contributed by atoms with Gasteiger partial charge in [-0.25, -0.2) is 4.79 Å². The van der Waals surface area contributed by atoms with E-state index >= 15 is 0 Å². The quantitative estimate of drug-likeness (QED) is 0.138. The summed E-state index contributed by atoms with van der Waals surface area (Å²) in [6, 6.07) is 13.3. The van der Waals surface area contributed by atoms with Crippen LogP contribution in [0.2, 0.25) is 0 Å². The van der Waals surface area contributed by atoms with E-state index in [-0.39, 0.29) is 31.9 Å². The summed E-state index contributed by atoms with van der Waals surface area (Å²) in [5.74, 6) is -1.18. The highest BCUT2D eigenvalue weighted by Crippen LogP contribution is 2.28. The van der Waals surface area contributed by atoms with Gasteiger partial charge in [0, 0.05) is 19.5 Å². The van der Waals surface area contributed by atoms with Crippen LogP contribution >= 0.6 is 0 Å². The van der Waals surface area contributed by atoms with Gasteiger partial charge in [0.15, 0.2) is 0 Å². The number of hydrogen-bond acceptors (Lipinski definition) is 6. The maximum atomic E-state index is 14.7. The molecule has 3 amide bonds. The van der Waals surface area contributed by atoms with Crippen LogP contribution in [-0.2, 0) is 30.3 Å². The van der Waals surface area contributed by atoms with E-state index < -0.39 is 35.7 Å². The van der Waals surface area contributed by atoms with Gasteiger partial charge in [0.2, 0.25) is 11.8 Å². The first-order valence-corrected chi connectivity index (χ1v) is 16.7. The topological polar surface area (TPSA) is 114 Å². The van der Waals surface area contributed by atoms with E-state index in [9.17, 15) is 19.2 Å². The molecule has 2 rings (SSSR count). The van der Waals surface area contributed by atoms with Crippen LogP contribution in [-0.4, -0.2) is 60.1 Å². The van der Waals surface area contributed by atoms with Gasteiger partial charge in [-0.1, -0.05) is 93.1 Å². The van der Waals surface area contributed by atoms with Crippen molar-refractivity contribution in [1.29, 1.82) is 0 Å². The summed E-state index contributed by atoms with van der Waals surface area (Å²) < 4.78 is 10.6. The second kappa shape index (κ2) is 19.6. The highest BCUT2D eigenvalue weighted by molar-refractivity contribution is 5.92. The molecule has 2 N–H and O–H groups in total. The lowest BCUT2D eigenvalue weighted by Gasteiger charge is -2.35. The monoisotopic (exact) mass is 637 g/mol. The molecule has 9 nitrogen and oxygen atoms in total. The van der Waals surface area contributed by atoms with Gasteiger partial charge in [-0.3, -0.25) is 14.4 Å². The van der Waals surface area contributed by atoms with Crippen molar-refractivity contribution in [2.24, 2.45) is 0 Å². The maximum Gasteiger partial charge on any atom is 0.408 e. The molecule has 254 valence electrons. The van der Waals surface area contributed by atoms with Gasteiger partial charge < -0.3 is 25.0 Å². The number of esters is 1. The van der Waals surface area contributed by atoms with E-state index in [1.807, 2.05) is 62.4 Å². The number of unbranched alkanes of at least 4 members (excludes halogenated alkanes) is 5. The molecule has 2 aromatic carbocycles. The zero-order chi connectivity index (χ0) is 34.1. The molecule has 2 atom stereocenters. The lowest BCUT2D eigenvalue weighted by Crippen LogP contribution is -2.54. The summed E-state index contributed by atoms with van der Waals surface area (Å²) in [5.41, 5.74) is 2.69. The summed E-state index contributed by atoms with van der Waals surface area (Å²) in [7, 11) is 0. The van der Waals surface area contributed by atoms with Crippen molar-refractivity contribution in [3.8, 4) is 0 Å². The van der Waals surface area contributed by atoms with Gasteiger partial charge in [-0.05, 0) is 64.7 Å². The maximum absolute atomic E-state index is 14.7. The Hall–Kier alpha value is -3.88. The molecule has 0 saturated heterocycles. The van der Waals surface area contributed by atoms with Crippen LogP contribution in [0.25, 0.3) is 0 Å². The molecule has 0 radical (unpaired) electrons. The Bertz CT molecular complexity index is 1260. The average molecular weight is 638 g/mol. The number of aryl methyl sites for hydroxylation is 2. The van der Waals surface area contributed by atoms with Crippen molar-refractivity contribution in [3.63, 3.8) is 0 Å². The molecule has 0 aromatic heterocycles. The molecule has 0 spiro atoms. The number of alkyl carbamates (subject to hydrolysis) is 1. The van der Waals surface area contributed by atoms with Crippen LogP contribution in [0.3, 0.4) is 0 Å². The highest BCUT2D eigenvalue weighted by Gasteiger charge is 2.37. The van der Waals surface area contributed by atoms with E-state index in [1.165, 1.54) is 0 Å². The second-order valence-corrected chi connectivity index (χ2v) is 12.8. The van der Waals surface area contributed by atoms with E-state index in [1.54, 1.807) is 32.6 Å². The first kappa shape index (κ1) is 38.3. The third-order valence-corrected chi connectivity index (χ3v) is 7.52. The molecule has 2 aromatic rings. The normalized spacial score (nSPS) is 12.5. The third kappa shape index (κ3) is 13.6. The molecule has 0 heterocycles. The molecular formula is C37H55N3O6. The number of benzene rings is 2. The van der Waals surface area contributed by atoms with Crippen molar-refractivity contribution in [2.75, 3.05) is 19.7 Å². The van der Waals surface area contributed by atoms with Crippen LogP contribution in [0.5, 0.6) is 0 Å². The predicted octanol–water partition coefficient (Wildman–Crippen LogP) is 6.74. The number of carbonyl (C=O) groups is 4. The third-order valence-electron chi connectivity index (χ3n) is 7.52. The number of rotatable bonds is 18. The van der Waals surface area contributed by atoms with Crippen molar-refractivity contribution in [1.82, 2.24) is 15.5 Å². The standard InChI is InChI=1S/C37H55N3O6/c1-8-10-11-12-13-17-24-40(35(43)31(26-29-18-15-14-16-19-29)39-36(44)46-37(5,6)7)33(30-21-20-27(3)25-28(30)4)34(42)38-23-22-32(41)45-9-2/h14-16,18-21,25,31,33H,8-13,17,22-24,26H2,1-7H3,(H,38,42)(H,39,44). The number of hydrogen-bond donors (Lipinski definition) is 2. The van der Waals surface area contributed by atoms with Crippen molar-refractivity contribution in [3.05, 3.63) is 70.8 Å². The molecule has 0 aliphatic rings. The summed E-state index contributed by atoms with van der Waals surface area (Å²) in [6.45, 7) is 13.7. The van der Waals surface area contributed by atoms with Gasteiger partial charge >= 0.3 is 12.1 Å². The number of ether oxygens (including phenoxy) is 2. The average Bonchev–Trinajstić information content (AvgIpc) is 2.98. The Morgan fingerprint density at radius 2 is 1.57 bits per heavy atom. The Morgan fingerprint density at radius 3 is 2.20 bits per heavy atom. The molecule has 0 bridgehead atoms. The van der Waals surface area contributed by atoms with E-state index in [0.29, 0.717) is 18.5 Å². The van der Waals surface area contributed by atoms with Crippen molar-refractivity contribution < 1.29 is 28.7 Å². The van der Waals surface area contributed by atoms with Crippen molar-refractivity contribution in [2.45, 2.75) is 118 Å². The summed E-state index contributed by atoms with van der Waals surface area (Å²) in [4.78, 5) is 55.4. The van der Waals surface area contributed by atoms with Crippen LogP contribution in [0.4, 0.5) is 4.79 Å². The van der Waals surface area contributed by atoms with Gasteiger partial charge in [0.05, 0.1) is 13.0 Å². The molecular weight excluding hydrogens is 582 g/mol. The molecule has 2 unspecified atom stereocenters. The fourth-order valence-corrected chi connectivity index (χ4v) is 5.33. The van der Waals surface area contributed by atoms with Crippen molar-refractivity contribution >= 4 is 23.9 Å². The molecule has 0 aliphatic carbocycles. The molecule has 0 fully saturated rings. The van der Waals surface area contributed by atoms with Gasteiger partial charge in [0.25, 0.3) is 0 Å². The number of nitrogens with one attached hydrogen (secondary N) is 2. The Kier molecular flexibility index (Phi) is 16.3.